The molecule has 1 unspecified atom stereocenters. The van der Waals surface area contributed by atoms with Crippen molar-refractivity contribution < 1.29 is 23.1 Å². The maximum atomic E-state index is 12.7. The highest BCUT2D eigenvalue weighted by Gasteiger charge is 2.35. The van der Waals surface area contributed by atoms with Gasteiger partial charge < -0.3 is 10.0 Å². The molecule has 2 fully saturated rings. The van der Waals surface area contributed by atoms with E-state index in [1.165, 1.54) is 17.0 Å². The first-order valence-electron chi connectivity index (χ1n) is 7.96. The Labute approximate surface area is 140 Å². The van der Waals surface area contributed by atoms with Gasteiger partial charge in [0.25, 0.3) is 5.91 Å². The highest BCUT2D eigenvalue weighted by atomic mass is 32.2. The molecule has 0 spiro atoms. The van der Waals surface area contributed by atoms with Gasteiger partial charge in [0.15, 0.2) is 0 Å². The summed E-state index contributed by atoms with van der Waals surface area (Å²) in [7, 11) is -3.66. The Hall–Kier alpha value is -1.93. The Morgan fingerprint density at radius 1 is 1.25 bits per heavy atom. The normalized spacial score (nSPS) is 21.0. The molecule has 8 heteroatoms. The molecular formula is C16H20N2O5S. The lowest BCUT2D eigenvalue weighted by Gasteiger charge is -2.22. The van der Waals surface area contributed by atoms with Gasteiger partial charge in [0.05, 0.1) is 4.90 Å². The number of rotatable bonds is 5. The maximum Gasteiger partial charge on any atom is 0.326 e. The first kappa shape index (κ1) is 16.9. The molecule has 3 rings (SSSR count). The van der Waals surface area contributed by atoms with Crippen LogP contribution in [-0.2, 0) is 14.8 Å². The number of likely N-dealkylation sites (tertiary alicyclic amines) is 1. The molecule has 1 aliphatic heterocycles. The number of sulfonamides is 1. The van der Waals surface area contributed by atoms with E-state index in [1.54, 1.807) is 13.0 Å². The fourth-order valence-corrected chi connectivity index (χ4v) is 4.24. The molecule has 130 valence electrons. The average Bonchev–Trinajstić information content (AvgIpc) is 3.17. The molecule has 24 heavy (non-hydrogen) atoms. The van der Waals surface area contributed by atoms with Gasteiger partial charge in [-0.15, -0.1) is 0 Å². The lowest BCUT2D eigenvalue weighted by molar-refractivity contribution is -0.141. The molecule has 1 aliphatic carbocycles. The number of benzene rings is 1. The van der Waals surface area contributed by atoms with E-state index >= 15 is 0 Å². The monoisotopic (exact) mass is 352 g/mol. The zero-order chi connectivity index (χ0) is 17.5. The van der Waals surface area contributed by atoms with Crippen LogP contribution >= 0.6 is 0 Å². The van der Waals surface area contributed by atoms with Gasteiger partial charge in [0, 0.05) is 18.2 Å². The third kappa shape index (κ3) is 3.29. The van der Waals surface area contributed by atoms with Crippen LogP contribution in [0.5, 0.6) is 0 Å². The van der Waals surface area contributed by atoms with E-state index in [-0.39, 0.29) is 16.5 Å². The van der Waals surface area contributed by atoms with Gasteiger partial charge in [0.2, 0.25) is 10.0 Å². The number of carbonyl (C=O) groups excluding carboxylic acids is 1. The number of aryl methyl sites for hydroxylation is 1. The summed E-state index contributed by atoms with van der Waals surface area (Å²) in [4.78, 5) is 25.4. The summed E-state index contributed by atoms with van der Waals surface area (Å²) in [5, 5.41) is 9.24. The Kier molecular flexibility index (Phi) is 4.35. The molecule has 2 N–H and O–H groups in total. The summed E-state index contributed by atoms with van der Waals surface area (Å²) >= 11 is 0. The lowest BCUT2D eigenvalue weighted by Crippen LogP contribution is -2.40. The Morgan fingerprint density at radius 3 is 2.58 bits per heavy atom. The van der Waals surface area contributed by atoms with Crippen molar-refractivity contribution in [1.82, 2.24) is 9.62 Å². The Bertz CT molecular complexity index is 786. The lowest BCUT2D eigenvalue weighted by atomic mass is 10.1. The van der Waals surface area contributed by atoms with Crippen molar-refractivity contribution >= 4 is 21.9 Å². The number of carbonyl (C=O) groups is 2. The van der Waals surface area contributed by atoms with Crippen molar-refractivity contribution in [2.75, 3.05) is 6.54 Å². The molecule has 1 saturated carbocycles. The minimum Gasteiger partial charge on any atom is -0.480 e. The SMILES string of the molecule is Cc1ccc(S(=O)(=O)NC2CC2)cc1C(=O)N1CCCC1C(=O)O. The highest BCUT2D eigenvalue weighted by Crippen LogP contribution is 2.25. The largest absolute Gasteiger partial charge is 0.480 e. The minimum absolute atomic E-state index is 0.0228. The van der Waals surface area contributed by atoms with Gasteiger partial charge in [-0.25, -0.2) is 17.9 Å². The molecule has 1 amide bonds. The zero-order valence-electron chi connectivity index (χ0n) is 13.4. The molecule has 1 atom stereocenters. The second-order valence-corrected chi connectivity index (χ2v) is 8.08. The van der Waals surface area contributed by atoms with Crippen LogP contribution in [0.3, 0.4) is 0 Å². The van der Waals surface area contributed by atoms with Crippen LogP contribution in [0.4, 0.5) is 0 Å². The molecule has 7 nitrogen and oxygen atoms in total. The van der Waals surface area contributed by atoms with E-state index < -0.39 is 27.9 Å². The summed E-state index contributed by atoms with van der Waals surface area (Å²) in [5.41, 5.74) is 0.864. The molecule has 0 bridgehead atoms. The number of hydrogen-bond acceptors (Lipinski definition) is 4. The Morgan fingerprint density at radius 2 is 1.96 bits per heavy atom. The van der Waals surface area contributed by atoms with Crippen LogP contribution in [-0.4, -0.2) is 48.9 Å². The van der Waals surface area contributed by atoms with Gasteiger partial charge in [-0.2, -0.15) is 0 Å². The van der Waals surface area contributed by atoms with E-state index in [0.29, 0.717) is 24.9 Å². The second-order valence-electron chi connectivity index (χ2n) is 6.37. The van der Waals surface area contributed by atoms with Crippen LogP contribution in [0.25, 0.3) is 0 Å². The summed E-state index contributed by atoms with van der Waals surface area (Å²) in [6.45, 7) is 2.08. The molecule has 1 heterocycles. The summed E-state index contributed by atoms with van der Waals surface area (Å²) in [6, 6.07) is 3.53. The zero-order valence-corrected chi connectivity index (χ0v) is 14.2. The molecule has 1 saturated heterocycles. The average molecular weight is 352 g/mol. The van der Waals surface area contributed by atoms with E-state index in [9.17, 15) is 23.1 Å². The van der Waals surface area contributed by atoms with Crippen molar-refractivity contribution in [2.45, 2.75) is 49.6 Å². The first-order chi connectivity index (χ1) is 11.3. The van der Waals surface area contributed by atoms with Crippen molar-refractivity contribution in [3.8, 4) is 0 Å². The Balaban J connectivity index is 1.91. The van der Waals surface area contributed by atoms with Gasteiger partial charge in [0.1, 0.15) is 6.04 Å². The quantitative estimate of drug-likeness (QED) is 0.826. The number of hydrogen-bond donors (Lipinski definition) is 2. The molecule has 0 radical (unpaired) electrons. The van der Waals surface area contributed by atoms with E-state index in [2.05, 4.69) is 4.72 Å². The summed E-state index contributed by atoms with van der Waals surface area (Å²) in [6.07, 6.45) is 2.69. The van der Waals surface area contributed by atoms with Crippen LogP contribution in [0.1, 0.15) is 41.6 Å². The van der Waals surface area contributed by atoms with Crippen molar-refractivity contribution in [3.05, 3.63) is 29.3 Å². The minimum atomic E-state index is -3.66. The third-order valence-corrected chi connectivity index (χ3v) is 5.97. The van der Waals surface area contributed by atoms with E-state index in [4.69, 9.17) is 0 Å². The molecule has 0 aromatic heterocycles. The van der Waals surface area contributed by atoms with Crippen LogP contribution in [0.2, 0.25) is 0 Å². The fourth-order valence-electron chi connectivity index (χ4n) is 2.91. The van der Waals surface area contributed by atoms with Crippen molar-refractivity contribution in [1.29, 1.82) is 0 Å². The molecule has 1 aromatic rings. The molecule has 2 aliphatic rings. The number of nitrogens with one attached hydrogen (secondary N) is 1. The van der Waals surface area contributed by atoms with Gasteiger partial charge in [-0.1, -0.05) is 6.07 Å². The highest BCUT2D eigenvalue weighted by molar-refractivity contribution is 7.89. The molecular weight excluding hydrogens is 332 g/mol. The maximum absolute atomic E-state index is 12.7. The summed E-state index contributed by atoms with van der Waals surface area (Å²) in [5.74, 6) is -1.46. The van der Waals surface area contributed by atoms with Crippen molar-refractivity contribution in [2.24, 2.45) is 0 Å². The number of nitrogens with zero attached hydrogens (tertiary/aromatic N) is 1. The third-order valence-electron chi connectivity index (χ3n) is 4.45. The van der Waals surface area contributed by atoms with Crippen LogP contribution in [0, 0.1) is 6.92 Å². The van der Waals surface area contributed by atoms with Gasteiger partial charge in [-0.3, -0.25) is 4.79 Å². The van der Waals surface area contributed by atoms with E-state index in [0.717, 1.165) is 12.8 Å². The summed E-state index contributed by atoms with van der Waals surface area (Å²) < 4.78 is 27.2. The van der Waals surface area contributed by atoms with E-state index in [1.807, 2.05) is 0 Å². The fraction of sp³-hybridized carbons (Fsp3) is 0.500. The second kappa shape index (κ2) is 6.18. The van der Waals surface area contributed by atoms with Gasteiger partial charge >= 0.3 is 5.97 Å². The van der Waals surface area contributed by atoms with Crippen molar-refractivity contribution in [3.63, 3.8) is 0 Å². The number of carboxylic acid groups (broad SMARTS) is 1. The standard InChI is InChI=1S/C16H20N2O5S/c1-10-4-7-12(24(22,23)17-11-5-6-11)9-13(10)15(19)18-8-2-3-14(18)16(20)21/h4,7,9,11,14,17H,2-3,5-6,8H2,1H3,(H,20,21). The number of amides is 1. The van der Waals surface area contributed by atoms with Crippen LogP contribution in [0.15, 0.2) is 23.1 Å². The predicted molar refractivity (Wildman–Crippen MR) is 86.2 cm³/mol. The first-order valence-corrected chi connectivity index (χ1v) is 9.44. The predicted octanol–water partition coefficient (Wildman–Crippen LogP) is 1.12. The smallest absolute Gasteiger partial charge is 0.326 e. The number of aliphatic carboxylic acids is 1. The molecule has 1 aromatic carbocycles. The van der Waals surface area contributed by atoms with Crippen LogP contribution < -0.4 is 4.72 Å². The number of carboxylic acids is 1. The topological polar surface area (TPSA) is 104 Å². The van der Waals surface area contributed by atoms with Gasteiger partial charge in [-0.05, 0) is 50.3 Å².